The quantitative estimate of drug-likeness (QED) is 0.644. The third kappa shape index (κ3) is 5.03. The van der Waals surface area contributed by atoms with Crippen molar-refractivity contribution in [3.63, 3.8) is 0 Å². The van der Waals surface area contributed by atoms with E-state index in [1.54, 1.807) is 18.5 Å². The van der Waals surface area contributed by atoms with Gasteiger partial charge in [-0.2, -0.15) is 0 Å². The number of hydrogen-bond acceptors (Lipinski definition) is 4. The van der Waals surface area contributed by atoms with Crippen LogP contribution in [-0.4, -0.2) is 19.3 Å². The lowest BCUT2D eigenvalue weighted by Gasteiger charge is -2.10. The Labute approximate surface area is 164 Å². The van der Waals surface area contributed by atoms with Gasteiger partial charge in [-0.3, -0.25) is 9.78 Å². The maximum Gasteiger partial charge on any atom is 0.251 e. The molecule has 1 aromatic heterocycles. The molecular weight excluding hydrogens is 374 g/mol. The summed E-state index contributed by atoms with van der Waals surface area (Å²) in [4.78, 5) is 16.3. The first-order valence-electron chi connectivity index (χ1n) is 8.77. The Morgan fingerprint density at radius 2 is 1.71 bits per heavy atom. The highest BCUT2D eigenvalue weighted by molar-refractivity contribution is 7.89. The third-order valence-corrected chi connectivity index (χ3v) is 5.73. The molecule has 0 aliphatic carbocycles. The fraction of sp³-hybridized carbons (Fsp3) is 0.143. The second-order valence-corrected chi connectivity index (χ2v) is 8.09. The Morgan fingerprint density at radius 1 is 0.964 bits per heavy atom. The molecule has 6 nitrogen and oxygen atoms in total. The van der Waals surface area contributed by atoms with Crippen LogP contribution in [-0.2, 0) is 23.1 Å². The largest absolute Gasteiger partial charge is 0.348 e. The second kappa shape index (κ2) is 8.77. The lowest BCUT2D eigenvalue weighted by Crippen LogP contribution is -2.24. The van der Waals surface area contributed by atoms with Crippen LogP contribution in [0.3, 0.4) is 0 Å². The van der Waals surface area contributed by atoms with E-state index in [1.165, 1.54) is 24.3 Å². The molecular formula is C21H21N3O3S. The number of aromatic nitrogens is 1. The van der Waals surface area contributed by atoms with Gasteiger partial charge in [-0.25, -0.2) is 13.1 Å². The number of nitrogens with one attached hydrogen (secondary N) is 2. The Bertz CT molecular complexity index is 1050. The fourth-order valence-electron chi connectivity index (χ4n) is 2.64. The topological polar surface area (TPSA) is 88.2 Å². The molecule has 0 unspecified atom stereocenters. The van der Waals surface area contributed by atoms with Crippen molar-refractivity contribution in [2.24, 2.45) is 0 Å². The van der Waals surface area contributed by atoms with Gasteiger partial charge in [-0.1, -0.05) is 30.3 Å². The minimum atomic E-state index is -3.66. The highest BCUT2D eigenvalue weighted by atomic mass is 32.2. The van der Waals surface area contributed by atoms with E-state index in [-0.39, 0.29) is 17.3 Å². The van der Waals surface area contributed by atoms with Gasteiger partial charge in [0.05, 0.1) is 4.90 Å². The first kappa shape index (κ1) is 19.7. The Balaban J connectivity index is 1.62. The summed E-state index contributed by atoms with van der Waals surface area (Å²) in [6.45, 7) is 2.50. The van der Waals surface area contributed by atoms with Crippen molar-refractivity contribution in [3.05, 3.63) is 95.3 Å². The smallest absolute Gasteiger partial charge is 0.251 e. The summed E-state index contributed by atoms with van der Waals surface area (Å²) in [6.07, 6.45) is 3.34. The second-order valence-electron chi connectivity index (χ2n) is 6.32. The molecule has 0 saturated heterocycles. The van der Waals surface area contributed by atoms with Gasteiger partial charge in [0, 0.05) is 31.0 Å². The maximum absolute atomic E-state index is 12.5. The van der Waals surface area contributed by atoms with Crippen molar-refractivity contribution >= 4 is 15.9 Å². The molecule has 144 valence electrons. The molecule has 1 heterocycles. The Morgan fingerprint density at radius 3 is 2.39 bits per heavy atom. The van der Waals surface area contributed by atoms with Crippen molar-refractivity contribution in [2.75, 3.05) is 0 Å². The number of amides is 1. The summed E-state index contributed by atoms with van der Waals surface area (Å²) in [5.74, 6) is -0.277. The van der Waals surface area contributed by atoms with Crippen molar-refractivity contribution in [3.8, 4) is 0 Å². The molecule has 3 aromatic rings. The standard InChI is InChI=1S/C21H21N3O3S/c1-16-5-2-3-7-19(16)15-24-28(26,27)20-10-8-18(9-11-20)21(25)23-14-17-6-4-12-22-13-17/h2-13,24H,14-15H2,1H3,(H,23,25). The number of carbonyl (C=O) groups excluding carboxylic acids is 1. The predicted molar refractivity (Wildman–Crippen MR) is 107 cm³/mol. The van der Waals surface area contributed by atoms with Gasteiger partial charge in [0.2, 0.25) is 10.0 Å². The minimum Gasteiger partial charge on any atom is -0.348 e. The molecule has 0 atom stereocenters. The predicted octanol–water partition coefficient (Wildman–Crippen LogP) is 2.80. The van der Waals surface area contributed by atoms with E-state index >= 15 is 0 Å². The lowest BCUT2D eigenvalue weighted by atomic mass is 10.1. The van der Waals surface area contributed by atoms with E-state index in [9.17, 15) is 13.2 Å². The van der Waals surface area contributed by atoms with Crippen LogP contribution in [0, 0.1) is 6.92 Å². The normalized spacial score (nSPS) is 11.2. The number of carbonyl (C=O) groups is 1. The molecule has 1 amide bonds. The average Bonchev–Trinajstić information content (AvgIpc) is 2.72. The van der Waals surface area contributed by atoms with E-state index < -0.39 is 10.0 Å². The number of aryl methyl sites for hydroxylation is 1. The maximum atomic E-state index is 12.5. The average molecular weight is 395 g/mol. The highest BCUT2D eigenvalue weighted by Crippen LogP contribution is 2.13. The van der Waals surface area contributed by atoms with E-state index in [1.807, 2.05) is 37.3 Å². The van der Waals surface area contributed by atoms with Crippen LogP contribution in [0.25, 0.3) is 0 Å². The molecule has 2 aromatic carbocycles. The van der Waals surface area contributed by atoms with Crippen LogP contribution in [0.5, 0.6) is 0 Å². The first-order valence-corrected chi connectivity index (χ1v) is 10.3. The zero-order chi connectivity index (χ0) is 20.0. The van der Waals surface area contributed by atoms with Gasteiger partial charge in [-0.15, -0.1) is 0 Å². The number of rotatable bonds is 7. The molecule has 3 rings (SSSR count). The summed E-state index contributed by atoms with van der Waals surface area (Å²) in [5, 5.41) is 2.78. The molecule has 0 radical (unpaired) electrons. The first-order chi connectivity index (χ1) is 13.5. The summed E-state index contributed by atoms with van der Waals surface area (Å²) in [6, 6.07) is 17.1. The molecule has 0 spiro atoms. The zero-order valence-corrected chi connectivity index (χ0v) is 16.2. The third-order valence-electron chi connectivity index (χ3n) is 4.32. The highest BCUT2D eigenvalue weighted by Gasteiger charge is 2.15. The van der Waals surface area contributed by atoms with Crippen molar-refractivity contribution in [1.82, 2.24) is 15.0 Å². The van der Waals surface area contributed by atoms with Crippen LogP contribution in [0.4, 0.5) is 0 Å². The summed E-state index contributed by atoms with van der Waals surface area (Å²) < 4.78 is 27.6. The van der Waals surface area contributed by atoms with Crippen molar-refractivity contribution < 1.29 is 13.2 Å². The number of sulfonamides is 1. The van der Waals surface area contributed by atoms with E-state index in [0.29, 0.717) is 12.1 Å². The molecule has 0 saturated carbocycles. The van der Waals surface area contributed by atoms with Crippen LogP contribution in [0.1, 0.15) is 27.0 Å². The van der Waals surface area contributed by atoms with Crippen LogP contribution in [0.2, 0.25) is 0 Å². The summed E-state index contributed by atoms with van der Waals surface area (Å²) in [5.41, 5.74) is 3.21. The van der Waals surface area contributed by atoms with Gasteiger partial charge in [-0.05, 0) is 53.9 Å². The molecule has 28 heavy (non-hydrogen) atoms. The fourth-order valence-corrected chi connectivity index (χ4v) is 3.64. The zero-order valence-electron chi connectivity index (χ0n) is 15.4. The van der Waals surface area contributed by atoms with Crippen molar-refractivity contribution in [1.29, 1.82) is 0 Å². The Kier molecular flexibility index (Phi) is 6.18. The summed E-state index contributed by atoms with van der Waals surface area (Å²) in [7, 11) is -3.66. The van der Waals surface area contributed by atoms with Gasteiger partial charge >= 0.3 is 0 Å². The van der Waals surface area contributed by atoms with Crippen molar-refractivity contribution in [2.45, 2.75) is 24.9 Å². The van der Waals surface area contributed by atoms with E-state index in [0.717, 1.165) is 16.7 Å². The number of pyridine rings is 1. The minimum absolute atomic E-state index is 0.116. The molecule has 0 aliphatic heterocycles. The van der Waals surface area contributed by atoms with Crippen LogP contribution in [0.15, 0.2) is 78.0 Å². The molecule has 2 N–H and O–H groups in total. The van der Waals surface area contributed by atoms with Gasteiger partial charge in [0.25, 0.3) is 5.91 Å². The number of hydrogen-bond donors (Lipinski definition) is 2. The molecule has 0 fully saturated rings. The SMILES string of the molecule is Cc1ccccc1CNS(=O)(=O)c1ccc(C(=O)NCc2cccnc2)cc1. The molecule has 0 aliphatic rings. The number of benzene rings is 2. The van der Waals surface area contributed by atoms with E-state index in [4.69, 9.17) is 0 Å². The lowest BCUT2D eigenvalue weighted by molar-refractivity contribution is 0.0951. The molecule has 7 heteroatoms. The van der Waals surface area contributed by atoms with Crippen LogP contribution >= 0.6 is 0 Å². The van der Waals surface area contributed by atoms with Crippen LogP contribution < -0.4 is 10.0 Å². The van der Waals surface area contributed by atoms with E-state index in [2.05, 4.69) is 15.0 Å². The van der Waals surface area contributed by atoms with Gasteiger partial charge < -0.3 is 5.32 Å². The Hall–Kier alpha value is -3.03. The van der Waals surface area contributed by atoms with Gasteiger partial charge in [0.1, 0.15) is 0 Å². The van der Waals surface area contributed by atoms with Gasteiger partial charge in [0.15, 0.2) is 0 Å². The summed E-state index contributed by atoms with van der Waals surface area (Å²) >= 11 is 0. The molecule has 0 bridgehead atoms. The monoisotopic (exact) mass is 395 g/mol. The number of nitrogens with zero attached hydrogens (tertiary/aromatic N) is 1.